The number of carbonyl (C=O) groups is 1. The Bertz CT molecular complexity index is 984. The number of tetrazole rings is 1. The number of rotatable bonds is 6. The molecule has 1 heterocycles. The summed E-state index contributed by atoms with van der Waals surface area (Å²) < 4.78 is 1.59. The van der Waals surface area contributed by atoms with Gasteiger partial charge in [0.25, 0.3) is 5.69 Å². The van der Waals surface area contributed by atoms with Gasteiger partial charge >= 0.3 is 0 Å². The van der Waals surface area contributed by atoms with Gasteiger partial charge in [-0.15, -0.1) is 5.10 Å². The lowest BCUT2D eigenvalue weighted by Gasteiger charge is -2.10. The zero-order valence-electron chi connectivity index (χ0n) is 14.6. The van der Waals surface area contributed by atoms with E-state index in [0.29, 0.717) is 5.16 Å². The molecule has 27 heavy (non-hydrogen) atoms. The van der Waals surface area contributed by atoms with Gasteiger partial charge in [0.15, 0.2) is 0 Å². The van der Waals surface area contributed by atoms with Crippen molar-refractivity contribution in [1.82, 2.24) is 20.2 Å². The molecule has 0 saturated heterocycles. The van der Waals surface area contributed by atoms with Crippen LogP contribution >= 0.6 is 11.8 Å². The van der Waals surface area contributed by atoms with Crippen LogP contribution in [0.4, 0.5) is 11.4 Å². The number of nitro benzene ring substituents is 1. The SMILES string of the molecule is Cc1cccc(C)c1-n1nnnc1SCC(=O)Nc1ccccc1[N+](=O)[O-]. The summed E-state index contributed by atoms with van der Waals surface area (Å²) in [4.78, 5) is 22.7. The van der Waals surface area contributed by atoms with E-state index in [1.807, 2.05) is 32.0 Å². The first kappa shape index (κ1) is 18.5. The standard InChI is InChI=1S/C17H16N6O3S/c1-11-6-5-7-12(2)16(11)22-17(19-20-21-22)27-10-15(24)18-13-8-3-4-9-14(13)23(25)26/h3-9H,10H2,1-2H3,(H,18,24). The molecule has 3 aromatic rings. The topological polar surface area (TPSA) is 116 Å². The first-order chi connectivity index (χ1) is 13.0. The van der Waals surface area contributed by atoms with Crippen LogP contribution in [-0.4, -0.2) is 36.8 Å². The Morgan fingerprint density at radius 2 is 1.89 bits per heavy atom. The van der Waals surface area contributed by atoms with E-state index in [1.165, 1.54) is 12.1 Å². The van der Waals surface area contributed by atoms with E-state index in [-0.39, 0.29) is 23.0 Å². The van der Waals surface area contributed by atoms with Crippen LogP contribution in [0, 0.1) is 24.0 Å². The molecule has 0 unspecified atom stereocenters. The molecule has 138 valence electrons. The molecule has 0 saturated carbocycles. The van der Waals surface area contributed by atoms with Crippen molar-refractivity contribution in [2.45, 2.75) is 19.0 Å². The Morgan fingerprint density at radius 1 is 1.19 bits per heavy atom. The normalized spacial score (nSPS) is 10.6. The first-order valence-corrected chi connectivity index (χ1v) is 8.97. The average molecular weight is 384 g/mol. The lowest BCUT2D eigenvalue weighted by Crippen LogP contribution is -2.15. The molecule has 2 aromatic carbocycles. The predicted molar refractivity (Wildman–Crippen MR) is 101 cm³/mol. The van der Waals surface area contributed by atoms with E-state index >= 15 is 0 Å². The van der Waals surface area contributed by atoms with Gasteiger partial charge in [0.05, 0.1) is 16.4 Å². The molecular weight excluding hydrogens is 368 g/mol. The lowest BCUT2D eigenvalue weighted by molar-refractivity contribution is -0.383. The second kappa shape index (κ2) is 7.96. The molecule has 9 nitrogen and oxygen atoms in total. The molecule has 0 aliphatic carbocycles. The van der Waals surface area contributed by atoms with Gasteiger partial charge in [0, 0.05) is 6.07 Å². The van der Waals surface area contributed by atoms with Crippen LogP contribution in [-0.2, 0) is 4.79 Å². The Labute approximate surface area is 158 Å². The fraction of sp³-hybridized carbons (Fsp3) is 0.176. The molecule has 0 atom stereocenters. The van der Waals surface area contributed by atoms with Crippen molar-refractivity contribution in [2.24, 2.45) is 0 Å². The summed E-state index contributed by atoms with van der Waals surface area (Å²) in [6.45, 7) is 3.92. The minimum absolute atomic E-state index is 0.0113. The Kier molecular flexibility index (Phi) is 5.46. The number of aryl methyl sites for hydroxylation is 2. The van der Waals surface area contributed by atoms with Crippen molar-refractivity contribution in [3.8, 4) is 5.69 Å². The number of amides is 1. The maximum absolute atomic E-state index is 12.2. The Morgan fingerprint density at radius 3 is 2.59 bits per heavy atom. The van der Waals surface area contributed by atoms with Crippen LogP contribution in [0.3, 0.4) is 0 Å². The number of hydrogen-bond acceptors (Lipinski definition) is 7. The van der Waals surface area contributed by atoms with Crippen LogP contribution in [0.15, 0.2) is 47.6 Å². The van der Waals surface area contributed by atoms with Crippen molar-refractivity contribution in [2.75, 3.05) is 11.1 Å². The van der Waals surface area contributed by atoms with Gasteiger partial charge < -0.3 is 5.32 Å². The van der Waals surface area contributed by atoms with Gasteiger partial charge in [-0.3, -0.25) is 14.9 Å². The van der Waals surface area contributed by atoms with Crippen molar-refractivity contribution in [1.29, 1.82) is 0 Å². The maximum Gasteiger partial charge on any atom is 0.292 e. The van der Waals surface area contributed by atoms with E-state index < -0.39 is 4.92 Å². The van der Waals surface area contributed by atoms with Crippen molar-refractivity contribution in [3.63, 3.8) is 0 Å². The molecule has 1 aromatic heterocycles. The van der Waals surface area contributed by atoms with Gasteiger partial charge in [0.2, 0.25) is 11.1 Å². The summed E-state index contributed by atoms with van der Waals surface area (Å²) in [6, 6.07) is 11.9. The monoisotopic (exact) mass is 384 g/mol. The number of benzene rings is 2. The van der Waals surface area contributed by atoms with Crippen LogP contribution in [0.1, 0.15) is 11.1 Å². The summed E-state index contributed by atoms with van der Waals surface area (Å²) in [6.07, 6.45) is 0. The third kappa shape index (κ3) is 4.11. The summed E-state index contributed by atoms with van der Waals surface area (Å²) in [5.74, 6) is -0.373. The molecule has 0 aliphatic heterocycles. The number of nitrogens with zero attached hydrogens (tertiary/aromatic N) is 5. The fourth-order valence-corrected chi connectivity index (χ4v) is 3.28. The highest BCUT2D eigenvalue weighted by Gasteiger charge is 2.17. The van der Waals surface area contributed by atoms with E-state index in [9.17, 15) is 14.9 Å². The van der Waals surface area contributed by atoms with E-state index in [4.69, 9.17) is 0 Å². The predicted octanol–water partition coefficient (Wildman–Crippen LogP) is 2.92. The van der Waals surface area contributed by atoms with Gasteiger partial charge in [-0.2, -0.15) is 4.68 Å². The molecule has 1 amide bonds. The minimum atomic E-state index is -0.537. The number of nitrogens with one attached hydrogen (secondary N) is 1. The third-order valence-electron chi connectivity index (χ3n) is 3.80. The van der Waals surface area contributed by atoms with Crippen molar-refractivity contribution >= 4 is 29.0 Å². The van der Waals surface area contributed by atoms with Gasteiger partial charge in [-0.25, -0.2) is 0 Å². The zero-order chi connectivity index (χ0) is 19.4. The summed E-state index contributed by atoms with van der Waals surface area (Å²) in [7, 11) is 0. The second-order valence-electron chi connectivity index (χ2n) is 5.72. The second-order valence-corrected chi connectivity index (χ2v) is 6.67. The molecule has 0 radical (unpaired) electrons. The molecule has 0 fully saturated rings. The molecule has 1 N–H and O–H groups in total. The van der Waals surface area contributed by atoms with Gasteiger partial charge in [-0.05, 0) is 41.5 Å². The maximum atomic E-state index is 12.2. The first-order valence-electron chi connectivity index (χ1n) is 7.98. The smallest absolute Gasteiger partial charge is 0.292 e. The van der Waals surface area contributed by atoms with Gasteiger partial charge in [-0.1, -0.05) is 42.1 Å². The number of thioether (sulfide) groups is 1. The Hall–Kier alpha value is -3.27. The molecule has 0 bridgehead atoms. The number of carbonyl (C=O) groups excluding carboxylic acids is 1. The third-order valence-corrected chi connectivity index (χ3v) is 4.72. The highest BCUT2D eigenvalue weighted by Crippen LogP contribution is 2.25. The number of para-hydroxylation sites is 3. The van der Waals surface area contributed by atoms with Crippen LogP contribution in [0.2, 0.25) is 0 Å². The minimum Gasteiger partial charge on any atom is -0.320 e. The largest absolute Gasteiger partial charge is 0.320 e. The van der Waals surface area contributed by atoms with Crippen LogP contribution < -0.4 is 5.32 Å². The van der Waals surface area contributed by atoms with Crippen molar-refractivity contribution < 1.29 is 9.72 Å². The zero-order valence-corrected chi connectivity index (χ0v) is 15.4. The van der Waals surface area contributed by atoms with Gasteiger partial charge in [0.1, 0.15) is 5.69 Å². The summed E-state index contributed by atoms with van der Waals surface area (Å²) in [5, 5.41) is 25.8. The van der Waals surface area contributed by atoms with E-state index in [0.717, 1.165) is 28.6 Å². The average Bonchev–Trinajstić information content (AvgIpc) is 3.08. The number of anilines is 1. The molecule has 3 rings (SSSR count). The number of aromatic nitrogens is 4. The van der Waals surface area contributed by atoms with E-state index in [1.54, 1.807) is 16.8 Å². The fourth-order valence-electron chi connectivity index (χ4n) is 2.60. The number of nitro groups is 1. The highest BCUT2D eigenvalue weighted by atomic mass is 32.2. The number of hydrogen-bond donors (Lipinski definition) is 1. The van der Waals surface area contributed by atoms with Crippen LogP contribution in [0.25, 0.3) is 5.69 Å². The van der Waals surface area contributed by atoms with Crippen LogP contribution in [0.5, 0.6) is 0 Å². The highest BCUT2D eigenvalue weighted by molar-refractivity contribution is 7.99. The van der Waals surface area contributed by atoms with Crippen molar-refractivity contribution in [3.05, 3.63) is 63.7 Å². The quantitative estimate of drug-likeness (QED) is 0.394. The molecular formula is C17H16N6O3S. The summed E-state index contributed by atoms with van der Waals surface area (Å²) >= 11 is 1.15. The molecule has 0 spiro atoms. The summed E-state index contributed by atoms with van der Waals surface area (Å²) in [5.41, 5.74) is 2.88. The van der Waals surface area contributed by atoms with E-state index in [2.05, 4.69) is 20.8 Å². The molecule has 10 heteroatoms. The molecule has 0 aliphatic rings. The lowest BCUT2D eigenvalue weighted by atomic mass is 10.1. The Balaban J connectivity index is 1.73.